The number of rotatable bonds is 4. The maximum atomic E-state index is 6.13. The molecule has 1 aromatic heterocycles. The number of hydrogen-bond donors (Lipinski definition) is 1. The number of ether oxygens (including phenoxy) is 1. The van der Waals surface area contributed by atoms with Crippen LogP contribution in [0.3, 0.4) is 0 Å². The van der Waals surface area contributed by atoms with Crippen LogP contribution in [0.1, 0.15) is 31.7 Å². The fourth-order valence-electron chi connectivity index (χ4n) is 2.11. The number of nitrogens with one attached hydrogen (secondary N) is 1. The van der Waals surface area contributed by atoms with Crippen molar-refractivity contribution in [3.05, 3.63) is 16.5 Å². The summed E-state index contributed by atoms with van der Waals surface area (Å²) in [4.78, 5) is 8.76. The van der Waals surface area contributed by atoms with Gasteiger partial charge in [0, 0.05) is 30.6 Å². The molecule has 18 heavy (non-hydrogen) atoms. The summed E-state index contributed by atoms with van der Waals surface area (Å²) in [6, 6.07) is 0.335. The lowest BCUT2D eigenvalue weighted by molar-refractivity contribution is 0.183. The maximum absolute atomic E-state index is 6.13. The Morgan fingerprint density at radius 1 is 1.50 bits per heavy atom. The van der Waals surface area contributed by atoms with Gasteiger partial charge < -0.3 is 10.1 Å². The highest BCUT2D eigenvalue weighted by atomic mass is 35.5. The van der Waals surface area contributed by atoms with Crippen molar-refractivity contribution in [3.8, 4) is 0 Å². The smallest absolute Gasteiger partial charge is 0.137 e. The van der Waals surface area contributed by atoms with Crippen molar-refractivity contribution >= 4 is 17.4 Å². The predicted molar refractivity (Wildman–Crippen MR) is 73.2 cm³/mol. The van der Waals surface area contributed by atoms with E-state index in [-0.39, 0.29) is 0 Å². The van der Waals surface area contributed by atoms with E-state index < -0.39 is 0 Å². The molecule has 1 aromatic rings. The minimum Gasteiger partial charge on any atom is -0.381 e. The number of aryl methyl sites for hydroxylation is 1. The van der Waals surface area contributed by atoms with Gasteiger partial charge >= 0.3 is 0 Å². The summed E-state index contributed by atoms with van der Waals surface area (Å²) in [6.07, 6.45) is 1.89. The fourth-order valence-corrected chi connectivity index (χ4v) is 2.30. The second-order valence-electron chi connectivity index (χ2n) is 4.81. The van der Waals surface area contributed by atoms with Crippen LogP contribution in [0, 0.1) is 12.8 Å². The molecule has 4 nitrogen and oxygen atoms in total. The van der Waals surface area contributed by atoms with E-state index in [4.69, 9.17) is 16.3 Å². The van der Waals surface area contributed by atoms with Gasteiger partial charge in [0.05, 0.1) is 6.61 Å². The van der Waals surface area contributed by atoms with Crippen molar-refractivity contribution in [2.24, 2.45) is 5.92 Å². The highest BCUT2D eigenvalue weighted by Gasteiger charge is 2.23. The second-order valence-corrected chi connectivity index (χ2v) is 5.17. The number of aromatic nitrogens is 2. The molecule has 1 aliphatic rings. The van der Waals surface area contributed by atoms with Crippen LogP contribution >= 0.6 is 11.6 Å². The minimum atomic E-state index is 0.335. The number of nitrogens with zero attached hydrogens (tertiary/aromatic N) is 2. The molecule has 0 aliphatic carbocycles. The lowest BCUT2D eigenvalue weighted by Crippen LogP contribution is -2.27. The molecule has 0 radical (unpaired) electrons. The molecule has 1 fully saturated rings. The van der Waals surface area contributed by atoms with Gasteiger partial charge in [-0.1, -0.05) is 18.5 Å². The third-order valence-electron chi connectivity index (χ3n) is 3.49. The molecule has 1 saturated heterocycles. The Balaban J connectivity index is 2.14. The van der Waals surface area contributed by atoms with E-state index in [1.807, 2.05) is 13.8 Å². The number of anilines is 1. The molecule has 0 spiro atoms. The van der Waals surface area contributed by atoms with Gasteiger partial charge in [0.25, 0.3) is 0 Å². The van der Waals surface area contributed by atoms with Crippen LogP contribution in [-0.4, -0.2) is 29.2 Å². The lowest BCUT2D eigenvalue weighted by Gasteiger charge is -2.21. The average molecular weight is 270 g/mol. The van der Waals surface area contributed by atoms with Gasteiger partial charge in [-0.2, -0.15) is 0 Å². The number of halogens is 1. The van der Waals surface area contributed by atoms with E-state index in [0.717, 1.165) is 43.3 Å². The van der Waals surface area contributed by atoms with E-state index in [0.29, 0.717) is 17.1 Å². The third-order valence-corrected chi connectivity index (χ3v) is 3.85. The first-order chi connectivity index (χ1) is 8.61. The molecule has 2 unspecified atom stereocenters. The topological polar surface area (TPSA) is 47.0 Å². The fraction of sp³-hybridized carbons (Fsp3) is 0.692. The Kier molecular flexibility index (Phi) is 4.40. The first kappa shape index (κ1) is 13.6. The molecule has 0 saturated carbocycles. The zero-order valence-electron chi connectivity index (χ0n) is 11.2. The summed E-state index contributed by atoms with van der Waals surface area (Å²) in [5.74, 6) is 2.18. The first-order valence-electron chi connectivity index (χ1n) is 6.49. The number of hydrogen-bond acceptors (Lipinski definition) is 4. The van der Waals surface area contributed by atoms with Crippen molar-refractivity contribution in [1.82, 2.24) is 9.97 Å². The molecule has 2 heterocycles. The Morgan fingerprint density at radius 3 is 2.89 bits per heavy atom. The standard InChI is InChI=1S/C13H20ClN3O/c1-4-11-16-12(14)8(2)13(17-11)15-9(3)10-5-6-18-7-10/h9-10H,4-7H2,1-3H3,(H,15,16,17). The van der Waals surface area contributed by atoms with E-state index in [1.54, 1.807) is 0 Å². The summed E-state index contributed by atoms with van der Waals surface area (Å²) in [7, 11) is 0. The SMILES string of the molecule is CCc1nc(Cl)c(C)c(NC(C)C2CCOC2)n1. The monoisotopic (exact) mass is 269 g/mol. The Hall–Kier alpha value is -0.870. The zero-order chi connectivity index (χ0) is 13.1. The summed E-state index contributed by atoms with van der Waals surface area (Å²) in [5, 5.41) is 3.99. The quantitative estimate of drug-likeness (QED) is 0.854. The van der Waals surface area contributed by atoms with Crippen LogP contribution in [-0.2, 0) is 11.2 Å². The lowest BCUT2D eigenvalue weighted by atomic mass is 10.0. The maximum Gasteiger partial charge on any atom is 0.137 e. The van der Waals surface area contributed by atoms with Crippen LogP contribution in [0.15, 0.2) is 0 Å². The van der Waals surface area contributed by atoms with Gasteiger partial charge in [0.1, 0.15) is 16.8 Å². The Bertz CT molecular complexity index is 419. The molecule has 2 atom stereocenters. The van der Waals surface area contributed by atoms with Gasteiger partial charge in [-0.05, 0) is 20.3 Å². The van der Waals surface area contributed by atoms with Gasteiger partial charge in [-0.15, -0.1) is 0 Å². The molecule has 100 valence electrons. The van der Waals surface area contributed by atoms with Crippen molar-refractivity contribution in [3.63, 3.8) is 0 Å². The Labute approximate surface area is 113 Å². The molecular weight excluding hydrogens is 250 g/mol. The molecule has 0 aromatic carbocycles. The van der Waals surface area contributed by atoms with E-state index in [2.05, 4.69) is 22.2 Å². The Morgan fingerprint density at radius 2 is 2.28 bits per heavy atom. The van der Waals surface area contributed by atoms with E-state index in [1.165, 1.54) is 0 Å². The summed E-state index contributed by atoms with van der Waals surface area (Å²) < 4.78 is 5.42. The van der Waals surface area contributed by atoms with Crippen LogP contribution in [0.2, 0.25) is 5.15 Å². The third kappa shape index (κ3) is 2.93. The van der Waals surface area contributed by atoms with Crippen LogP contribution in [0.5, 0.6) is 0 Å². The van der Waals surface area contributed by atoms with Crippen molar-refractivity contribution in [1.29, 1.82) is 0 Å². The van der Waals surface area contributed by atoms with Gasteiger partial charge in [0.15, 0.2) is 0 Å². The zero-order valence-corrected chi connectivity index (χ0v) is 11.9. The van der Waals surface area contributed by atoms with Crippen LogP contribution in [0.25, 0.3) is 0 Å². The minimum absolute atomic E-state index is 0.335. The molecule has 2 rings (SSSR count). The average Bonchev–Trinajstić information content (AvgIpc) is 2.88. The summed E-state index contributed by atoms with van der Waals surface area (Å²) in [6.45, 7) is 7.83. The van der Waals surface area contributed by atoms with E-state index >= 15 is 0 Å². The first-order valence-corrected chi connectivity index (χ1v) is 6.87. The van der Waals surface area contributed by atoms with E-state index in [9.17, 15) is 0 Å². The normalized spacial score (nSPS) is 21.0. The molecule has 1 aliphatic heterocycles. The summed E-state index contributed by atoms with van der Waals surface area (Å²) >= 11 is 6.13. The molecule has 1 N–H and O–H groups in total. The summed E-state index contributed by atoms with van der Waals surface area (Å²) in [5.41, 5.74) is 0.916. The van der Waals surface area contributed by atoms with Gasteiger partial charge in [-0.25, -0.2) is 9.97 Å². The molecule has 0 bridgehead atoms. The molecule has 5 heteroatoms. The van der Waals surface area contributed by atoms with Crippen LogP contribution in [0.4, 0.5) is 5.82 Å². The highest BCUT2D eigenvalue weighted by molar-refractivity contribution is 6.30. The van der Waals surface area contributed by atoms with Gasteiger partial charge in [-0.3, -0.25) is 0 Å². The molecular formula is C13H20ClN3O. The van der Waals surface area contributed by atoms with Crippen molar-refractivity contribution < 1.29 is 4.74 Å². The van der Waals surface area contributed by atoms with Crippen LogP contribution < -0.4 is 5.32 Å². The highest BCUT2D eigenvalue weighted by Crippen LogP contribution is 2.24. The second kappa shape index (κ2) is 5.85. The van der Waals surface area contributed by atoms with Gasteiger partial charge in [0.2, 0.25) is 0 Å². The largest absolute Gasteiger partial charge is 0.381 e. The van der Waals surface area contributed by atoms with Crippen molar-refractivity contribution in [2.45, 2.75) is 39.7 Å². The predicted octanol–water partition coefficient (Wildman–Crippen LogP) is 2.84. The van der Waals surface area contributed by atoms with Crippen molar-refractivity contribution in [2.75, 3.05) is 18.5 Å². The molecule has 0 amide bonds.